The number of nitrogens with zero attached hydrogens (tertiary/aromatic N) is 1. The number of ether oxygens (including phenoxy) is 2. The normalized spacial score (nSPS) is 16.2. The minimum absolute atomic E-state index is 0.348. The Bertz CT molecular complexity index is 1320. The molecule has 41 heavy (non-hydrogen) atoms. The number of carbonyl (C=O) groups is 1. The van der Waals surface area contributed by atoms with Crippen LogP contribution in [-0.2, 0) is 14.0 Å². The van der Waals surface area contributed by atoms with Crippen molar-refractivity contribution in [3.63, 3.8) is 0 Å². The smallest absolute Gasteiger partial charge is 0.492 e. The maximum Gasteiger partial charge on any atom is 0.494 e. The van der Waals surface area contributed by atoms with E-state index in [0.29, 0.717) is 19.8 Å². The van der Waals surface area contributed by atoms with Crippen molar-refractivity contribution in [2.24, 2.45) is 0 Å². The molecule has 3 aromatic carbocycles. The lowest BCUT2D eigenvalue weighted by atomic mass is 9.78. The van der Waals surface area contributed by atoms with E-state index in [1.54, 1.807) is 14.0 Å². The molecule has 6 nitrogen and oxygen atoms in total. The summed E-state index contributed by atoms with van der Waals surface area (Å²) in [5, 5.41) is 0. The van der Waals surface area contributed by atoms with Crippen molar-refractivity contribution in [1.82, 2.24) is 4.90 Å². The van der Waals surface area contributed by atoms with E-state index in [4.69, 9.17) is 18.8 Å². The molecule has 0 unspecified atom stereocenters. The Balaban J connectivity index is 1.61. The zero-order valence-corrected chi connectivity index (χ0v) is 25.4. The third-order valence-corrected chi connectivity index (χ3v) is 7.92. The van der Waals surface area contributed by atoms with Crippen molar-refractivity contribution in [3.8, 4) is 5.75 Å². The largest absolute Gasteiger partial charge is 0.494 e. The minimum atomic E-state index is -0.402. The Hall–Kier alpha value is -3.55. The molecule has 0 radical (unpaired) electrons. The van der Waals surface area contributed by atoms with Gasteiger partial charge in [-0.15, -0.1) is 0 Å². The van der Waals surface area contributed by atoms with E-state index in [2.05, 4.69) is 95.3 Å². The fourth-order valence-electron chi connectivity index (χ4n) is 4.81. The summed E-state index contributed by atoms with van der Waals surface area (Å²) < 4.78 is 23.5. The molecule has 0 bridgehead atoms. The Labute approximate surface area is 245 Å². The van der Waals surface area contributed by atoms with Gasteiger partial charge >= 0.3 is 13.2 Å². The lowest BCUT2D eigenvalue weighted by Crippen LogP contribution is -2.41. The molecule has 0 aliphatic carbocycles. The SMILES string of the molecule is CCOC(=O)N(C)CCOc1ccc(C(=C(CC)c2ccccc2)c2ccc(B3OC(C)(C)C(C)(C)O3)cc2)cc1. The van der Waals surface area contributed by atoms with Crippen LogP contribution in [0.25, 0.3) is 11.1 Å². The lowest BCUT2D eigenvalue weighted by molar-refractivity contribution is 0.00578. The van der Waals surface area contributed by atoms with Crippen molar-refractivity contribution in [3.05, 3.63) is 95.6 Å². The van der Waals surface area contributed by atoms with E-state index in [1.807, 2.05) is 18.2 Å². The third-order valence-electron chi connectivity index (χ3n) is 7.92. The first-order valence-corrected chi connectivity index (χ1v) is 14.4. The van der Waals surface area contributed by atoms with Crippen molar-refractivity contribution in [2.45, 2.75) is 59.2 Å². The van der Waals surface area contributed by atoms with E-state index in [0.717, 1.165) is 28.8 Å². The van der Waals surface area contributed by atoms with Gasteiger partial charge in [0, 0.05) is 7.05 Å². The van der Waals surface area contributed by atoms with E-state index in [1.165, 1.54) is 21.6 Å². The van der Waals surface area contributed by atoms with Gasteiger partial charge in [-0.2, -0.15) is 0 Å². The highest BCUT2D eigenvalue weighted by atomic mass is 16.7. The quantitative estimate of drug-likeness (QED) is 0.203. The fourth-order valence-corrected chi connectivity index (χ4v) is 4.81. The number of likely N-dealkylation sites (N-methyl/N-ethyl adjacent to an activating group) is 1. The third kappa shape index (κ3) is 7.03. The zero-order chi connectivity index (χ0) is 29.6. The van der Waals surface area contributed by atoms with Crippen LogP contribution in [0.4, 0.5) is 4.79 Å². The summed E-state index contributed by atoms with van der Waals surface area (Å²) in [4.78, 5) is 13.3. The average Bonchev–Trinajstić information content (AvgIpc) is 3.19. The van der Waals surface area contributed by atoms with Gasteiger partial charge in [-0.1, -0.05) is 73.7 Å². The number of amides is 1. The van der Waals surface area contributed by atoms with Crippen LogP contribution in [0.1, 0.15) is 64.7 Å². The van der Waals surface area contributed by atoms with Crippen LogP contribution in [0.3, 0.4) is 0 Å². The lowest BCUT2D eigenvalue weighted by Gasteiger charge is -2.32. The second kappa shape index (κ2) is 13.0. The number of hydrogen-bond acceptors (Lipinski definition) is 5. The minimum Gasteiger partial charge on any atom is -0.492 e. The van der Waals surface area contributed by atoms with Gasteiger partial charge in [0.2, 0.25) is 0 Å². The fraction of sp³-hybridized carbons (Fsp3) is 0.382. The van der Waals surface area contributed by atoms with Gasteiger partial charge in [0.15, 0.2) is 0 Å². The van der Waals surface area contributed by atoms with Gasteiger partial charge < -0.3 is 23.7 Å². The molecule has 0 atom stereocenters. The van der Waals surface area contributed by atoms with E-state index in [-0.39, 0.29) is 17.3 Å². The summed E-state index contributed by atoms with van der Waals surface area (Å²) in [6.07, 6.45) is 0.523. The summed E-state index contributed by atoms with van der Waals surface area (Å²) >= 11 is 0. The standard InChI is InChI=1S/C34H42BNO5/c1-8-30(25-13-11-10-12-14-25)31(26-15-19-28(20-16-26)35-40-33(3,4)34(5,6)41-35)27-17-21-29(22-18-27)39-24-23-36(7)32(37)38-9-2/h10-22H,8-9,23-24H2,1-7H3. The summed E-state index contributed by atoms with van der Waals surface area (Å²) in [5.74, 6) is 0.749. The maximum atomic E-state index is 11.8. The van der Waals surface area contributed by atoms with E-state index < -0.39 is 7.12 Å². The Morgan fingerprint density at radius 3 is 1.90 bits per heavy atom. The first kappa shape index (κ1) is 30.4. The molecule has 1 heterocycles. The zero-order valence-electron chi connectivity index (χ0n) is 25.4. The monoisotopic (exact) mass is 555 g/mol. The maximum absolute atomic E-state index is 11.8. The molecule has 0 N–H and O–H groups in total. The van der Waals surface area contributed by atoms with Crippen LogP contribution in [0.5, 0.6) is 5.75 Å². The molecule has 4 rings (SSSR count). The second-order valence-electron chi connectivity index (χ2n) is 11.3. The molecule has 7 heteroatoms. The van der Waals surface area contributed by atoms with Gasteiger partial charge in [0.25, 0.3) is 0 Å². The van der Waals surface area contributed by atoms with Crippen molar-refractivity contribution in [2.75, 3.05) is 26.8 Å². The average molecular weight is 556 g/mol. The highest BCUT2D eigenvalue weighted by Crippen LogP contribution is 2.37. The van der Waals surface area contributed by atoms with E-state index >= 15 is 0 Å². The predicted octanol–water partition coefficient (Wildman–Crippen LogP) is 6.82. The molecule has 1 amide bonds. The summed E-state index contributed by atoms with van der Waals surface area (Å²) in [6.45, 7) is 13.4. The molecule has 0 saturated carbocycles. The Morgan fingerprint density at radius 2 is 1.37 bits per heavy atom. The summed E-state index contributed by atoms with van der Waals surface area (Å²) in [7, 11) is 1.30. The molecular formula is C34H42BNO5. The molecule has 0 spiro atoms. The van der Waals surface area contributed by atoms with Gasteiger partial charge in [-0.05, 0) is 86.5 Å². The molecule has 1 aliphatic heterocycles. The molecule has 0 aromatic heterocycles. The Kier molecular flexibility index (Phi) is 9.62. The highest BCUT2D eigenvalue weighted by molar-refractivity contribution is 6.62. The van der Waals surface area contributed by atoms with Crippen molar-refractivity contribution >= 4 is 29.8 Å². The van der Waals surface area contributed by atoms with Gasteiger partial charge in [-0.25, -0.2) is 4.79 Å². The predicted molar refractivity (Wildman–Crippen MR) is 166 cm³/mol. The summed E-state index contributed by atoms with van der Waals surface area (Å²) in [5.41, 5.74) is 6.08. The first-order chi connectivity index (χ1) is 19.6. The molecule has 1 aliphatic rings. The van der Waals surface area contributed by atoms with Crippen LogP contribution in [-0.4, -0.2) is 56.1 Å². The van der Waals surface area contributed by atoms with Crippen molar-refractivity contribution in [1.29, 1.82) is 0 Å². The van der Waals surface area contributed by atoms with Gasteiger partial charge in [0.05, 0.1) is 24.4 Å². The van der Waals surface area contributed by atoms with Crippen LogP contribution < -0.4 is 10.2 Å². The summed E-state index contributed by atoms with van der Waals surface area (Å²) in [6, 6.07) is 27.2. The molecule has 3 aromatic rings. The number of allylic oxidation sites excluding steroid dienone is 1. The van der Waals surface area contributed by atoms with Crippen LogP contribution in [0.15, 0.2) is 78.9 Å². The number of rotatable bonds is 10. The molecule has 216 valence electrons. The first-order valence-electron chi connectivity index (χ1n) is 14.4. The molecular weight excluding hydrogens is 513 g/mol. The molecule has 1 fully saturated rings. The highest BCUT2D eigenvalue weighted by Gasteiger charge is 2.51. The van der Waals surface area contributed by atoms with Crippen molar-refractivity contribution < 1.29 is 23.6 Å². The Morgan fingerprint density at radius 1 is 0.805 bits per heavy atom. The van der Waals surface area contributed by atoms with Crippen LogP contribution in [0.2, 0.25) is 0 Å². The second-order valence-corrected chi connectivity index (χ2v) is 11.3. The number of hydrogen-bond donors (Lipinski definition) is 0. The van der Waals surface area contributed by atoms with Gasteiger partial charge in [-0.3, -0.25) is 0 Å². The van der Waals surface area contributed by atoms with E-state index in [9.17, 15) is 4.79 Å². The topological polar surface area (TPSA) is 57.2 Å². The number of benzene rings is 3. The van der Waals surface area contributed by atoms with Crippen LogP contribution >= 0.6 is 0 Å². The molecule has 1 saturated heterocycles. The van der Waals surface area contributed by atoms with Gasteiger partial charge in [0.1, 0.15) is 12.4 Å². The number of carbonyl (C=O) groups excluding carboxylic acids is 1. The van der Waals surface area contributed by atoms with Crippen LogP contribution in [0, 0.1) is 0 Å².